The van der Waals surface area contributed by atoms with Crippen LogP contribution in [0.3, 0.4) is 0 Å². The van der Waals surface area contributed by atoms with Crippen LogP contribution in [0, 0.1) is 0 Å². The predicted octanol–water partition coefficient (Wildman–Crippen LogP) is 3.60. The topological polar surface area (TPSA) is 51.5 Å². The van der Waals surface area contributed by atoms with Crippen molar-refractivity contribution in [3.8, 4) is 5.75 Å². The van der Waals surface area contributed by atoms with Crippen LogP contribution in [0.2, 0.25) is 5.02 Å². The second-order valence-corrected chi connectivity index (χ2v) is 8.24. The maximum Gasteiger partial charge on any atom is 0.268 e. The van der Waals surface area contributed by atoms with Crippen LogP contribution in [0.4, 0.5) is 0 Å². The van der Waals surface area contributed by atoms with Gasteiger partial charge in [-0.2, -0.15) is 0 Å². The molecule has 0 radical (unpaired) electrons. The number of hydrogen-bond donors (Lipinski definition) is 0. The minimum atomic E-state index is -3.73. The third-order valence-corrected chi connectivity index (χ3v) is 5.87. The van der Waals surface area contributed by atoms with Crippen molar-refractivity contribution in [1.29, 1.82) is 0 Å². The molecule has 0 fully saturated rings. The van der Waals surface area contributed by atoms with Crippen molar-refractivity contribution in [1.82, 2.24) is 8.87 Å². The van der Waals surface area contributed by atoms with Gasteiger partial charge in [-0.25, -0.2) is 12.4 Å². The van der Waals surface area contributed by atoms with E-state index in [1.54, 1.807) is 43.6 Å². The van der Waals surface area contributed by atoms with E-state index in [1.807, 2.05) is 19.0 Å². The van der Waals surface area contributed by atoms with Crippen molar-refractivity contribution < 1.29 is 13.2 Å². The summed E-state index contributed by atoms with van der Waals surface area (Å²) in [5.41, 5.74) is 1.56. The minimum absolute atomic E-state index is 0.155. The van der Waals surface area contributed by atoms with Gasteiger partial charge in [-0.1, -0.05) is 17.7 Å². The van der Waals surface area contributed by atoms with Crippen LogP contribution in [0.1, 0.15) is 5.56 Å². The quantitative estimate of drug-likeness (QED) is 0.680. The molecule has 0 unspecified atom stereocenters. The van der Waals surface area contributed by atoms with Crippen molar-refractivity contribution in [3.63, 3.8) is 0 Å². The molecule has 0 amide bonds. The van der Waals surface area contributed by atoms with Crippen molar-refractivity contribution in [2.75, 3.05) is 21.2 Å². The summed E-state index contributed by atoms with van der Waals surface area (Å²) >= 11 is 5.96. The molecule has 0 atom stereocenters. The molecular formula is C18H19ClN2O3S. The molecule has 0 aliphatic heterocycles. The van der Waals surface area contributed by atoms with E-state index in [9.17, 15) is 8.42 Å². The third kappa shape index (κ3) is 3.25. The zero-order valence-electron chi connectivity index (χ0n) is 14.2. The highest BCUT2D eigenvalue weighted by Gasteiger charge is 2.21. The molecular weight excluding hydrogens is 360 g/mol. The van der Waals surface area contributed by atoms with Gasteiger partial charge in [0.25, 0.3) is 10.0 Å². The summed E-state index contributed by atoms with van der Waals surface area (Å²) in [5.74, 6) is 0.735. The van der Waals surface area contributed by atoms with Gasteiger partial charge in [0.15, 0.2) is 0 Å². The Hall–Kier alpha value is -2.02. The molecule has 1 aromatic heterocycles. The third-order valence-electron chi connectivity index (χ3n) is 3.95. The van der Waals surface area contributed by atoms with Gasteiger partial charge in [0.1, 0.15) is 5.75 Å². The molecule has 0 aliphatic carbocycles. The number of aromatic nitrogens is 1. The van der Waals surface area contributed by atoms with Crippen molar-refractivity contribution in [2.45, 2.75) is 11.4 Å². The monoisotopic (exact) mass is 378 g/mol. The van der Waals surface area contributed by atoms with E-state index in [1.165, 1.54) is 16.1 Å². The average Bonchev–Trinajstić information content (AvgIpc) is 3.00. The SMILES string of the molecule is COc1ccc2c(ccn2S(=O)(=O)c2cccc(Cl)c2)c1CN(C)C. The first-order valence-electron chi connectivity index (χ1n) is 7.67. The molecule has 0 aliphatic rings. The van der Waals surface area contributed by atoms with Crippen molar-refractivity contribution >= 4 is 32.5 Å². The molecule has 0 saturated heterocycles. The summed E-state index contributed by atoms with van der Waals surface area (Å²) in [6, 6.07) is 11.6. The lowest BCUT2D eigenvalue weighted by Gasteiger charge is -2.15. The molecule has 0 bridgehead atoms. The Morgan fingerprint density at radius 2 is 1.92 bits per heavy atom. The van der Waals surface area contributed by atoms with E-state index >= 15 is 0 Å². The van der Waals surface area contributed by atoms with Gasteiger partial charge in [0.05, 0.1) is 17.5 Å². The first-order valence-corrected chi connectivity index (χ1v) is 9.49. The van der Waals surface area contributed by atoms with Gasteiger partial charge >= 0.3 is 0 Å². The standard InChI is InChI=1S/C18H19ClN2O3S/c1-20(2)12-16-15-9-10-21(17(15)7-8-18(16)24-3)25(22,23)14-6-4-5-13(19)11-14/h4-11H,12H2,1-3H3. The molecule has 3 rings (SSSR count). The van der Waals surface area contributed by atoms with Crippen LogP contribution in [0.5, 0.6) is 5.75 Å². The molecule has 25 heavy (non-hydrogen) atoms. The van der Waals surface area contributed by atoms with Crippen LogP contribution in [-0.2, 0) is 16.6 Å². The number of halogens is 1. The normalized spacial score (nSPS) is 12.0. The lowest BCUT2D eigenvalue weighted by atomic mass is 10.1. The van der Waals surface area contributed by atoms with E-state index in [4.69, 9.17) is 16.3 Å². The Morgan fingerprint density at radius 3 is 2.56 bits per heavy atom. The highest BCUT2D eigenvalue weighted by molar-refractivity contribution is 7.90. The highest BCUT2D eigenvalue weighted by Crippen LogP contribution is 2.32. The van der Waals surface area contributed by atoms with Gasteiger partial charge in [-0.05, 0) is 50.5 Å². The van der Waals surface area contributed by atoms with Crippen molar-refractivity contribution in [3.05, 3.63) is 59.2 Å². The fraction of sp³-hybridized carbons (Fsp3) is 0.222. The molecule has 132 valence electrons. The summed E-state index contributed by atoms with van der Waals surface area (Å²) in [4.78, 5) is 2.17. The lowest BCUT2D eigenvalue weighted by Crippen LogP contribution is -2.13. The fourth-order valence-electron chi connectivity index (χ4n) is 2.85. The van der Waals surface area contributed by atoms with Gasteiger partial charge in [-0.15, -0.1) is 0 Å². The Bertz CT molecular complexity index is 1030. The second kappa shape index (κ2) is 6.71. The van der Waals surface area contributed by atoms with E-state index in [0.29, 0.717) is 17.1 Å². The summed E-state index contributed by atoms with van der Waals surface area (Å²) in [6.07, 6.45) is 1.57. The van der Waals surface area contributed by atoms with Crippen LogP contribution in [0.25, 0.3) is 10.9 Å². The van der Waals surface area contributed by atoms with Crippen molar-refractivity contribution in [2.24, 2.45) is 0 Å². The Balaban J connectivity index is 2.22. The van der Waals surface area contributed by atoms with Crippen LogP contribution < -0.4 is 4.74 Å². The molecule has 0 saturated carbocycles. The summed E-state index contributed by atoms with van der Waals surface area (Å²) in [5, 5.41) is 1.23. The van der Waals surface area contributed by atoms with Gasteiger partial charge in [0.2, 0.25) is 0 Å². The molecule has 7 heteroatoms. The Kier molecular flexibility index (Phi) is 4.77. The maximum atomic E-state index is 13.0. The van der Waals surface area contributed by atoms with Gasteiger partial charge in [-0.3, -0.25) is 0 Å². The average molecular weight is 379 g/mol. The largest absolute Gasteiger partial charge is 0.496 e. The number of benzene rings is 2. The smallest absolute Gasteiger partial charge is 0.268 e. The van der Waals surface area contributed by atoms with Gasteiger partial charge < -0.3 is 9.64 Å². The van der Waals surface area contributed by atoms with Crippen LogP contribution >= 0.6 is 11.6 Å². The molecule has 1 heterocycles. The zero-order chi connectivity index (χ0) is 18.2. The molecule has 5 nitrogen and oxygen atoms in total. The van der Waals surface area contributed by atoms with E-state index in [2.05, 4.69) is 0 Å². The molecule has 0 spiro atoms. The number of ether oxygens (including phenoxy) is 1. The molecule has 3 aromatic rings. The predicted molar refractivity (Wildman–Crippen MR) is 99.9 cm³/mol. The summed E-state index contributed by atoms with van der Waals surface area (Å²) in [7, 11) is 1.79. The number of rotatable bonds is 5. The first-order chi connectivity index (χ1) is 11.8. The lowest BCUT2D eigenvalue weighted by molar-refractivity contribution is 0.374. The number of nitrogens with zero attached hydrogens (tertiary/aromatic N) is 2. The van der Waals surface area contributed by atoms with E-state index < -0.39 is 10.0 Å². The first kappa shape index (κ1) is 17.8. The molecule has 0 N–H and O–H groups in total. The molecule has 2 aromatic carbocycles. The number of fused-ring (bicyclic) bond motifs is 1. The summed E-state index contributed by atoms with van der Waals surface area (Å²) in [6.45, 7) is 0.641. The van der Waals surface area contributed by atoms with Crippen LogP contribution in [-0.4, -0.2) is 38.5 Å². The second-order valence-electron chi connectivity index (χ2n) is 5.99. The Morgan fingerprint density at radius 1 is 1.16 bits per heavy atom. The highest BCUT2D eigenvalue weighted by atomic mass is 35.5. The maximum absolute atomic E-state index is 13.0. The zero-order valence-corrected chi connectivity index (χ0v) is 15.8. The summed E-state index contributed by atoms with van der Waals surface area (Å²) < 4.78 is 32.8. The minimum Gasteiger partial charge on any atom is -0.496 e. The number of methoxy groups -OCH3 is 1. The Labute approximate surface area is 152 Å². The van der Waals surface area contributed by atoms with E-state index in [0.717, 1.165) is 16.7 Å². The van der Waals surface area contributed by atoms with E-state index in [-0.39, 0.29) is 4.90 Å². The fourth-order valence-corrected chi connectivity index (χ4v) is 4.50. The number of hydrogen-bond acceptors (Lipinski definition) is 4. The van der Waals surface area contributed by atoms with Crippen LogP contribution in [0.15, 0.2) is 53.6 Å². The van der Waals surface area contributed by atoms with Gasteiger partial charge in [0, 0.05) is 28.7 Å².